The number of esters is 1. The minimum atomic E-state index is -0.442. The van der Waals surface area contributed by atoms with E-state index in [1.54, 1.807) is 10.6 Å². The first-order valence-corrected chi connectivity index (χ1v) is 11.5. The minimum Gasteiger partial charge on any atom is -0.465 e. The average molecular weight is 457 g/mol. The van der Waals surface area contributed by atoms with Crippen molar-refractivity contribution in [2.45, 2.75) is 18.9 Å². The minimum absolute atomic E-state index is 0.235. The van der Waals surface area contributed by atoms with E-state index >= 15 is 0 Å². The molecule has 1 N–H and O–H groups in total. The predicted molar refractivity (Wildman–Crippen MR) is 130 cm³/mol. The number of nitrogens with zero attached hydrogens (tertiary/aromatic N) is 3. The quantitative estimate of drug-likeness (QED) is 0.386. The number of carbonyl (C=O) groups excluding carboxylic acids is 1. The van der Waals surface area contributed by atoms with Crippen LogP contribution in [0.3, 0.4) is 0 Å². The first kappa shape index (κ1) is 19.8. The normalized spacial score (nSPS) is 13.5. The average Bonchev–Trinajstić information content (AvgIpc) is 3.40. The maximum absolute atomic E-state index is 13.5. The van der Waals surface area contributed by atoms with E-state index in [4.69, 9.17) is 4.74 Å². The third kappa shape index (κ3) is 3.39. The van der Waals surface area contributed by atoms with Gasteiger partial charge in [-0.25, -0.2) is 9.78 Å². The molecule has 164 valence electrons. The van der Waals surface area contributed by atoms with Gasteiger partial charge in [0.15, 0.2) is 5.82 Å². The van der Waals surface area contributed by atoms with Crippen LogP contribution >= 0.6 is 11.3 Å². The van der Waals surface area contributed by atoms with Crippen molar-refractivity contribution in [3.05, 3.63) is 82.1 Å². The predicted octanol–water partition coefficient (Wildman–Crippen LogP) is 4.75. The maximum atomic E-state index is 13.5. The lowest BCUT2D eigenvalue weighted by Gasteiger charge is -2.12. The number of rotatable bonds is 5. The van der Waals surface area contributed by atoms with E-state index < -0.39 is 5.97 Å². The Balaban J connectivity index is 1.59. The molecule has 0 spiro atoms. The Kier molecular flexibility index (Phi) is 4.55. The second kappa shape index (κ2) is 7.60. The van der Waals surface area contributed by atoms with Gasteiger partial charge in [0.1, 0.15) is 9.71 Å². The van der Waals surface area contributed by atoms with Crippen molar-refractivity contribution in [3.63, 3.8) is 0 Å². The summed E-state index contributed by atoms with van der Waals surface area (Å²) in [7, 11) is 1.35. The highest BCUT2D eigenvalue weighted by atomic mass is 32.1. The number of aromatic nitrogens is 3. The molecule has 6 rings (SSSR count). The zero-order chi connectivity index (χ0) is 22.5. The molecule has 3 aromatic heterocycles. The van der Waals surface area contributed by atoms with Crippen LogP contribution in [-0.4, -0.2) is 33.2 Å². The van der Waals surface area contributed by atoms with Crippen molar-refractivity contribution in [3.8, 4) is 11.4 Å². The maximum Gasteiger partial charge on any atom is 0.348 e. The van der Waals surface area contributed by atoms with Crippen molar-refractivity contribution in [2.75, 3.05) is 12.4 Å². The molecule has 5 aromatic rings. The van der Waals surface area contributed by atoms with E-state index in [-0.39, 0.29) is 11.6 Å². The van der Waals surface area contributed by atoms with Gasteiger partial charge in [0.05, 0.1) is 23.8 Å². The monoisotopic (exact) mass is 456 g/mol. The van der Waals surface area contributed by atoms with E-state index in [1.807, 2.05) is 54.7 Å². The van der Waals surface area contributed by atoms with E-state index in [1.165, 1.54) is 18.4 Å². The van der Waals surface area contributed by atoms with E-state index in [2.05, 4.69) is 20.9 Å². The standard InChI is InChI=1S/C25H20N4O3S/c1-32-25(31)21-14-20-23(33-21)27-22(26-16-8-9-16)24(30)29(20)18-10-7-15-11-12-28(19(15)13-18)17-5-3-2-4-6-17/h2-7,10-14,16H,8-9H2,1H3,(H,26,27). The number of ether oxygens (including phenoxy) is 1. The Morgan fingerprint density at radius 2 is 1.88 bits per heavy atom. The third-order valence-electron chi connectivity index (χ3n) is 5.83. The first-order valence-electron chi connectivity index (χ1n) is 10.7. The number of anilines is 1. The molecule has 33 heavy (non-hydrogen) atoms. The summed E-state index contributed by atoms with van der Waals surface area (Å²) in [5, 5.41) is 4.32. The molecule has 0 aliphatic heterocycles. The summed E-state index contributed by atoms with van der Waals surface area (Å²) < 4.78 is 8.63. The highest BCUT2D eigenvalue weighted by molar-refractivity contribution is 7.20. The van der Waals surface area contributed by atoms with Gasteiger partial charge in [0, 0.05) is 23.3 Å². The van der Waals surface area contributed by atoms with Crippen LogP contribution in [0.15, 0.2) is 71.7 Å². The van der Waals surface area contributed by atoms with E-state index in [9.17, 15) is 9.59 Å². The SMILES string of the molecule is COC(=O)c1cc2c(nc(NC3CC3)c(=O)n2-c2ccc3ccn(-c4ccccc4)c3c2)s1. The Hall–Kier alpha value is -3.91. The van der Waals surface area contributed by atoms with Crippen LogP contribution in [-0.2, 0) is 4.74 Å². The van der Waals surface area contributed by atoms with Crippen LogP contribution in [0.5, 0.6) is 0 Å². The number of benzene rings is 2. The highest BCUT2D eigenvalue weighted by Gasteiger charge is 2.25. The summed E-state index contributed by atoms with van der Waals surface area (Å²) in [6.45, 7) is 0. The van der Waals surface area contributed by atoms with E-state index in [0.717, 1.165) is 29.4 Å². The van der Waals surface area contributed by atoms with Gasteiger partial charge in [-0.3, -0.25) is 9.36 Å². The molecule has 7 nitrogen and oxygen atoms in total. The van der Waals surface area contributed by atoms with E-state index in [0.29, 0.717) is 26.7 Å². The fourth-order valence-corrected chi connectivity index (χ4v) is 4.96. The number of methoxy groups -OCH3 is 1. The molecule has 0 radical (unpaired) electrons. The lowest BCUT2D eigenvalue weighted by atomic mass is 10.2. The van der Waals surface area contributed by atoms with Gasteiger partial charge in [0.25, 0.3) is 5.56 Å². The molecule has 3 heterocycles. The second-order valence-electron chi connectivity index (χ2n) is 8.08. The largest absolute Gasteiger partial charge is 0.465 e. The highest BCUT2D eigenvalue weighted by Crippen LogP contribution is 2.30. The molecule has 2 aromatic carbocycles. The number of nitrogens with one attached hydrogen (secondary N) is 1. The van der Waals surface area contributed by atoms with Gasteiger partial charge in [-0.1, -0.05) is 24.3 Å². The summed E-state index contributed by atoms with van der Waals surface area (Å²) in [5.41, 5.74) is 3.08. The Morgan fingerprint density at radius 3 is 2.64 bits per heavy atom. The van der Waals surface area contributed by atoms with Gasteiger partial charge >= 0.3 is 5.97 Å². The van der Waals surface area contributed by atoms with Crippen molar-refractivity contribution in [1.29, 1.82) is 0 Å². The zero-order valence-electron chi connectivity index (χ0n) is 17.8. The molecule has 1 fully saturated rings. The second-order valence-corrected chi connectivity index (χ2v) is 9.11. The Morgan fingerprint density at radius 1 is 1.06 bits per heavy atom. The summed E-state index contributed by atoms with van der Waals surface area (Å²) in [5.74, 6) is -0.135. The summed E-state index contributed by atoms with van der Waals surface area (Å²) in [6, 6.07) is 20.0. The van der Waals surface area contributed by atoms with Crippen molar-refractivity contribution in [2.24, 2.45) is 0 Å². The molecular weight excluding hydrogens is 436 g/mol. The smallest absolute Gasteiger partial charge is 0.348 e. The first-order chi connectivity index (χ1) is 16.1. The number of hydrogen-bond donors (Lipinski definition) is 1. The van der Waals surface area contributed by atoms with Gasteiger partial charge in [-0.2, -0.15) is 0 Å². The molecule has 1 aliphatic carbocycles. The van der Waals surface area contributed by atoms with Crippen molar-refractivity contribution < 1.29 is 9.53 Å². The van der Waals surface area contributed by atoms with Crippen LogP contribution in [0.2, 0.25) is 0 Å². The summed E-state index contributed by atoms with van der Waals surface area (Å²) >= 11 is 1.22. The van der Waals surface area contributed by atoms with Crippen molar-refractivity contribution >= 4 is 44.4 Å². The lowest BCUT2D eigenvalue weighted by molar-refractivity contribution is 0.0606. The topological polar surface area (TPSA) is 78.2 Å². The molecule has 1 saturated carbocycles. The van der Waals surface area contributed by atoms with Crippen LogP contribution in [0.4, 0.5) is 5.82 Å². The summed E-state index contributed by atoms with van der Waals surface area (Å²) in [6.07, 6.45) is 4.07. The third-order valence-corrected chi connectivity index (χ3v) is 6.83. The zero-order valence-corrected chi connectivity index (χ0v) is 18.6. The van der Waals surface area contributed by atoms with Crippen LogP contribution < -0.4 is 10.9 Å². The number of para-hydroxylation sites is 1. The van der Waals surface area contributed by atoms with Gasteiger partial charge in [-0.05, 0) is 49.2 Å². The molecule has 1 aliphatic rings. The fourth-order valence-electron chi connectivity index (χ4n) is 4.02. The fraction of sp³-hybridized carbons (Fsp3) is 0.160. The number of thiophene rings is 1. The van der Waals surface area contributed by atoms with Gasteiger partial charge < -0.3 is 14.6 Å². The number of carbonyl (C=O) groups is 1. The molecule has 0 amide bonds. The molecule has 0 bridgehead atoms. The van der Waals surface area contributed by atoms with Crippen LogP contribution in [0.25, 0.3) is 32.6 Å². The molecule has 0 unspecified atom stereocenters. The molecule has 8 heteroatoms. The number of fused-ring (bicyclic) bond motifs is 2. The number of hydrogen-bond acceptors (Lipinski definition) is 6. The molecule has 0 atom stereocenters. The van der Waals surface area contributed by atoms with Crippen molar-refractivity contribution in [1.82, 2.24) is 14.1 Å². The van der Waals surface area contributed by atoms with Crippen LogP contribution in [0, 0.1) is 0 Å². The Labute approximate surface area is 192 Å². The molecular formula is C25H20N4O3S. The van der Waals surface area contributed by atoms with Gasteiger partial charge in [-0.15, -0.1) is 11.3 Å². The lowest BCUT2D eigenvalue weighted by Crippen LogP contribution is -2.24. The van der Waals surface area contributed by atoms with Crippen LogP contribution in [0.1, 0.15) is 22.5 Å². The summed E-state index contributed by atoms with van der Waals surface area (Å²) in [4.78, 5) is 31.3. The Bertz CT molecular complexity index is 1580. The molecule has 0 saturated heterocycles. The van der Waals surface area contributed by atoms with Gasteiger partial charge in [0.2, 0.25) is 0 Å².